The molecule has 0 radical (unpaired) electrons. The van der Waals surface area contributed by atoms with Gasteiger partial charge < -0.3 is 23.9 Å². The number of hydrogen-bond donors (Lipinski definition) is 1. The van der Waals surface area contributed by atoms with Crippen molar-refractivity contribution in [2.75, 3.05) is 14.2 Å². The Morgan fingerprint density at radius 1 is 0.833 bits per heavy atom. The van der Waals surface area contributed by atoms with E-state index in [0.717, 1.165) is 58.9 Å². The maximum Gasteiger partial charge on any atom is 0.260 e. The Labute approximate surface area is 246 Å². The summed E-state index contributed by atoms with van der Waals surface area (Å²) >= 11 is 1.64. The molecule has 0 saturated heterocycles. The van der Waals surface area contributed by atoms with Gasteiger partial charge in [0, 0.05) is 16.0 Å². The molecule has 1 N–H and O–H groups in total. The highest BCUT2D eigenvalue weighted by Gasteiger charge is 2.20. The van der Waals surface area contributed by atoms with Crippen molar-refractivity contribution in [3.63, 3.8) is 0 Å². The molecule has 0 fully saturated rings. The Morgan fingerprint density at radius 3 is 2.14 bits per heavy atom. The third-order valence-electron chi connectivity index (χ3n) is 7.40. The molecule has 9 heteroatoms. The number of methoxy groups -OCH3 is 2. The molecule has 0 aliphatic heterocycles. The molecule has 0 saturated carbocycles. The van der Waals surface area contributed by atoms with Crippen molar-refractivity contribution < 1.29 is 23.7 Å². The Hall–Kier alpha value is -4.63. The predicted octanol–water partition coefficient (Wildman–Crippen LogP) is 6.52. The first-order valence-corrected chi connectivity index (χ1v) is 14.6. The first kappa shape index (κ1) is 27.5. The summed E-state index contributed by atoms with van der Waals surface area (Å²) in [6.07, 6.45) is 5.02. The van der Waals surface area contributed by atoms with Gasteiger partial charge in [-0.1, -0.05) is 24.3 Å². The standard InChI is InChI=1S/C33H30N2O6S/c1-38-27-15-22(17-36)11-13-25(27)40-18-20-7-9-21(10-8-20)19-41-26-14-12-23(16-28(26)39-2)31-34-32(37)30-24-5-3-4-6-29(24)42-33(30)35-31/h7-17H,3-6,18-19H2,1-2H3,(H,34,35,37). The quantitative estimate of drug-likeness (QED) is 0.187. The number of aldehydes is 1. The number of ether oxygens (including phenoxy) is 4. The Kier molecular flexibility index (Phi) is 7.92. The number of hydrogen-bond acceptors (Lipinski definition) is 8. The SMILES string of the molecule is COc1cc(C=O)ccc1OCc1ccc(COc2ccc(-c3nc4sc5c(c4c(=O)[nH]3)CCCC5)cc2OC)cc1. The molecule has 214 valence electrons. The molecule has 1 aliphatic rings. The molecule has 2 heterocycles. The van der Waals surface area contributed by atoms with Gasteiger partial charge in [-0.3, -0.25) is 9.59 Å². The summed E-state index contributed by atoms with van der Waals surface area (Å²) in [7, 11) is 3.14. The topological polar surface area (TPSA) is 99.7 Å². The number of carbonyl (C=O) groups is 1. The number of nitrogens with one attached hydrogen (secondary N) is 1. The summed E-state index contributed by atoms with van der Waals surface area (Å²) in [6.45, 7) is 0.697. The van der Waals surface area contributed by atoms with Gasteiger partial charge in [0.15, 0.2) is 23.0 Å². The van der Waals surface area contributed by atoms with Gasteiger partial charge in [0.2, 0.25) is 0 Å². The highest BCUT2D eigenvalue weighted by atomic mass is 32.1. The van der Waals surface area contributed by atoms with Crippen molar-refractivity contribution in [1.82, 2.24) is 9.97 Å². The van der Waals surface area contributed by atoms with Crippen LogP contribution in [-0.2, 0) is 26.1 Å². The number of aromatic amines is 1. The maximum absolute atomic E-state index is 13.0. The van der Waals surface area contributed by atoms with Gasteiger partial charge in [-0.15, -0.1) is 11.3 Å². The lowest BCUT2D eigenvalue weighted by Crippen LogP contribution is -2.11. The van der Waals surface area contributed by atoms with Gasteiger partial charge in [0.1, 0.15) is 30.2 Å². The summed E-state index contributed by atoms with van der Waals surface area (Å²) in [5.74, 6) is 2.75. The molecule has 8 nitrogen and oxygen atoms in total. The second kappa shape index (κ2) is 12.1. The smallest absolute Gasteiger partial charge is 0.260 e. The summed E-state index contributed by atoms with van der Waals surface area (Å²) in [5.41, 5.74) is 4.33. The zero-order valence-corrected chi connectivity index (χ0v) is 24.2. The highest BCUT2D eigenvalue weighted by molar-refractivity contribution is 7.18. The lowest BCUT2D eigenvalue weighted by molar-refractivity contribution is 0.112. The third-order valence-corrected chi connectivity index (χ3v) is 8.58. The fraction of sp³-hybridized carbons (Fsp3) is 0.242. The number of carbonyl (C=O) groups excluding carboxylic acids is 1. The van der Waals surface area contributed by atoms with Crippen LogP contribution in [-0.4, -0.2) is 30.5 Å². The predicted molar refractivity (Wildman–Crippen MR) is 162 cm³/mol. The van der Waals surface area contributed by atoms with Crippen LogP contribution >= 0.6 is 11.3 Å². The molecule has 0 amide bonds. The number of nitrogens with zero attached hydrogens (tertiary/aromatic N) is 1. The van der Waals surface area contributed by atoms with E-state index in [-0.39, 0.29) is 5.56 Å². The Bertz CT molecular complexity index is 1810. The summed E-state index contributed by atoms with van der Waals surface area (Å²) < 4.78 is 22.9. The van der Waals surface area contributed by atoms with Crippen LogP contribution in [0.4, 0.5) is 0 Å². The van der Waals surface area contributed by atoms with Crippen LogP contribution < -0.4 is 24.5 Å². The fourth-order valence-electron chi connectivity index (χ4n) is 5.17. The van der Waals surface area contributed by atoms with Gasteiger partial charge in [-0.2, -0.15) is 0 Å². The van der Waals surface area contributed by atoms with Gasteiger partial charge in [-0.05, 0) is 78.8 Å². The number of fused-ring (bicyclic) bond motifs is 3. The zero-order chi connectivity index (χ0) is 29.1. The molecule has 2 aromatic heterocycles. The first-order valence-electron chi connectivity index (χ1n) is 13.8. The van der Waals surface area contributed by atoms with E-state index >= 15 is 0 Å². The largest absolute Gasteiger partial charge is 0.493 e. The minimum absolute atomic E-state index is 0.0857. The van der Waals surface area contributed by atoms with E-state index in [4.69, 9.17) is 23.9 Å². The number of thiophene rings is 1. The van der Waals surface area contributed by atoms with Crippen LogP contribution in [0.5, 0.6) is 23.0 Å². The molecule has 0 bridgehead atoms. The molecule has 3 aromatic carbocycles. The van der Waals surface area contributed by atoms with Crippen LogP contribution in [0.2, 0.25) is 0 Å². The monoisotopic (exact) mass is 582 g/mol. The van der Waals surface area contributed by atoms with Crippen molar-refractivity contribution >= 4 is 27.8 Å². The number of aromatic nitrogens is 2. The molecular weight excluding hydrogens is 552 g/mol. The van der Waals surface area contributed by atoms with Gasteiger partial charge >= 0.3 is 0 Å². The third kappa shape index (κ3) is 5.60. The van der Waals surface area contributed by atoms with E-state index in [1.807, 2.05) is 42.5 Å². The van der Waals surface area contributed by atoms with Crippen LogP contribution in [0.25, 0.3) is 21.6 Å². The van der Waals surface area contributed by atoms with E-state index in [1.165, 1.54) is 10.4 Å². The number of aryl methyl sites for hydroxylation is 2. The van der Waals surface area contributed by atoms with Gasteiger partial charge in [-0.25, -0.2) is 4.98 Å². The fourth-order valence-corrected chi connectivity index (χ4v) is 6.43. The molecule has 6 rings (SSSR count). The van der Waals surface area contributed by atoms with Crippen LogP contribution in [0.15, 0.2) is 65.5 Å². The number of H-pyrrole nitrogens is 1. The summed E-state index contributed by atoms with van der Waals surface area (Å²) in [6, 6.07) is 18.5. The lowest BCUT2D eigenvalue weighted by Gasteiger charge is -2.13. The van der Waals surface area contributed by atoms with Crippen LogP contribution in [0, 0.1) is 0 Å². The van der Waals surface area contributed by atoms with Gasteiger partial charge in [0.05, 0.1) is 19.6 Å². The van der Waals surface area contributed by atoms with E-state index < -0.39 is 0 Å². The average Bonchev–Trinajstić information content (AvgIpc) is 3.42. The van der Waals surface area contributed by atoms with Gasteiger partial charge in [0.25, 0.3) is 5.56 Å². The second-order valence-corrected chi connectivity index (χ2v) is 11.2. The lowest BCUT2D eigenvalue weighted by atomic mass is 9.97. The van der Waals surface area contributed by atoms with Crippen molar-refractivity contribution in [2.24, 2.45) is 0 Å². The van der Waals surface area contributed by atoms with Crippen molar-refractivity contribution in [3.05, 3.63) is 98.1 Å². The molecular formula is C33H30N2O6S. The molecule has 0 unspecified atom stereocenters. The molecule has 0 spiro atoms. The second-order valence-electron chi connectivity index (χ2n) is 10.1. The van der Waals surface area contributed by atoms with E-state index in [1.54, 1.807) is 43.8 Å². The van der Waals surface area contributed by atoms with E-state index in [0.29, 0.717) is 47.6 Å². The normalized spacial score (nSPS) is 12.5. The molecule has 1 aliphatic carbocycles. The average molecular weight is 583 g/mol. The summed E-state index contributed by atoms with van der Waals surface area (Å²) in [4.78, 5) is 33.9. The maximum atomic E-state index is 13.0. The Balaban J connectivity index is 1.12. The van der Waals surface area contributed by atoms with Crippen LogP contribution in [0.3, 0.4) is 0 Å². The zero-order valence-electron chi connectivity index (χ0n) is 23.4. The molecule has 0 atom stereocenters. The van der Waals surface area contributed by atoms with Crippen molar-refractivity contribution in [3.8, 4) is 34.4 Å². The highest BCUT2D eigenvalue weighted by Crippen LogP contribution is 2.36. The van der Waals surface area contributed by atoms with Crippen molar-refractivity contribution in [1.29, 1.82) is 0 Å². The van der Waals surface area contributed by atoms with Crippen LogP contribution in [0.1, 0.15) is 44.8 Å². The van der Waals surface area contributed by atoms with E-state index in [9.17, 15) is 9.59 Å². The Morgan fingerprint density at radius 2 is 1.48 bits per heavy atom. The van der Waals surface area contributed by atoms with Crippen molar-refractivity contribution in [2.45, 2.75) is 38.9 Å². The number of benzene rings is 3. The first-order chi connectivity index (χ1) is 20.6. The molecule has 42 heavy (non-hydrogen) atoms. The van der Waals surface area contributed by atoms with E-state index in [2.05, 4.69) is 4.98 Å². The number of rotatable bonds is 10. The molecule has 5 aromatic rings. The minimum atomic E-state index is -0.0857. The minimum Gasteiger partial charge on any atom is -0.493 e. The summed E-state index contributed by atoms with van der Waals surface area (Å²) in [5, 5.41) is 0.746.